The van der Waals surface area contributed by atoms with Crippen LogP contribution in [0.5, 0.6) is 0 Å². The van der Waals surface area contributed by atoms with Gasteiger partial charge in [-0.3, -0.25) is 9.59 Å². The van der Waals surface area contributed by atoms with Gasteiger partial charge < -0.3 is 20.3 Å². The molecule has 0 aromatic carbocycles. The number of ether oxygens (including phenoxy) is 1. The molecular formula is C53H93NO5. The topological polar surface area (TPSA) is 95.9 Å². The molecule has 0 aromatic rings. The van der Waals surface area contributed by atoms with E-state index in [4.69, 9.17) is 4.74 Å². The lowest BCUT2D eigenvalue weighted by Gasteiger charge is -2.24. The first-order valence-electron chi connectivity index (χ1n) is 24.7. The fourth-order valence-corrected chi connectivity index (χ4v) is 7.10. The van der Waals surface area contributed by atoms with Crippen molar-refractivity contribution in [3.63, 3.8) is 0 Å². The molecule has 6 nitrogen and oxygen atoms in total. The molecule has 1 amide bonds. The Morgan fingerprint density at radius 2 is 0.915 bits per heavy atom. The molecule has 0 fully saturated rings. The molecule has 3 unspecified atom stereocenters. The average molecular weight is 824 g/mol. The van der Waals surface area contributed by atoms with Gasteiger partial charge in [0.05, 0.1) is 25.2 Å². The number of nitrogens with one attached hydrogen (secondary N) is 1. The molecule has 0 bridgehead atoms. The lowest BCUT2D eigenvalue weighted by Crippen LogP contribution is -2.46. The van der Waals surface area contributed by atoms with Crippen LogP contribution >= 0.6 is 0 Å². The molecule has 3 atom stereocenters. The highest BCUT2D eigenvalue weighted by Crippen LogP contribution is 2.17. The molecule has 0 saturated carbocycles. The predicted octanol–water partition coefficient (Wildman–Crippen LogP) is 14.6. The summed E-state index contributed by atoms with van der Waals surface area (Å²) in [5, 5.41) is 23.7. The second kappa shape index (κ2) is 46.4. The van der Waals surface area contributed by atoms with Crippen LogP contribution < -0.4 is 5.32 Å². The van der Waals surface area contributed by atoms with Crippen molar-refractivity contribution in [2.75, 3.05) is 6.61 Å². The third-order valence-corrected chi connectivity index (χ3v) is 10.9. The molecule has 0 spiro atoms. The van der Waals surface area contributed by atoms with Crippen molar-refractivity contribution >= 4 is 11.9 Å². The summed E-state index contributed by atoms with van der Waals surface area (Å²) in [5.74, 6) is -0.538. The molecule has 0 aromatic heterocycles. The molecule has 340 valence electrons. The minimum atomic E-state index is -0.803. The Balaban J connectivity index is 4.74. The van der Waals surface area contributed by atoms with Gasteiger partial charge in [-0.25, -0.2) is 0 Å². The van der Waals surface area contributed by atoms with Crippen LogP contribution in [0.2, 0.25) is 0 Å². The summed E-state index contributed by atoms with van der Waals surface area (Å²) in [7, 11) is 0. The van der Waals surface area contributed by atoms with Gasteiger partial charge in [0.2, 0.25) is 5.91 Å². The van der Waals surface area contributed by atoms with Gasteiger partial charge in [-0.1, -0.05) is 216 Å². The maximum absolute atomic E-state index is 13.2. The molecule has 3 N–H and O–H groups in total. The number of carbonyl (C=O) groups is 2. The zero-order valence-corrected chi connectivity index (χ0v) is 38.6. The van der Waals surface area contributed by atoms with Gasteiger partial charge in [-0.15, -0.1) is 0 Å². The van der Waals surface area contributed by atoms with Crippen molar-refractivity contribution < 1.29 is 24.5 Å². The quantitative estimate of drug-likeness (QED) is 0.0246. The number of rotatable bonds is 43. The smallest absolute Gasteiger partial charge is 0.306 e. The molecule has 0 rings (SSSR count). The van der Waals surface area contributed by atoms with Crippen LogP contribution in [0.25, 0.3) is 0 Å². The summed E-state index contributed by atoms with van der Waals surface area (Å²) in [6, 6.07) is -0.720. The molecule has 0 heterocycles. The fourth-order valence-electron chi connectivity index (χ4n) is 7.10. The largest absolute Gasteiger partial charge is 0.462 e. The van der Waals surface area contributed by atoms with E-state index in [1.807, 2.05) is 36.5 Å². The first-order chi connectivity index (χ1) is 29.0. The van der Waals surface area contributed by atoms with Gasteiger partial charge in [0.1, 0.15) is 6.10 Å². The third kappa shape index (κ3) is 41.8. The van der Waals surface area contributed by atoms with Crippen LogP contribution in [0, 0.1) is 0 Å². The van der Waals surface area contributed by atoms with E-state index in [1.165, 1.54) is 96.3 Å². The lowest BCUT2D eigenvalue weighted by atomic mass is 10.0. The fraction of sp³-hybridized carbons (Fsp3) is 0.736. The maximum Gasteiger partial charge on any atom is 0.306 e. The van der Waals surface area contributed by atoms with Crippen molar-refractivity contribution in [1.82, 2.24) is 5.32 Å². The van der Waals surface area contributed by atoms with Crippen LogP contribution in [0.3, 0.4) is 0 Å². The molecular weight excluding hydrogens is 731 g/mol. The minimum absolute atomic E-state index is 0.0409. The van der Waals surface area contributed by atoms with Crippen LogP contribution in [-0.2, 0) is 14.3 Å². The molecule has 0 radical (unpaired) electrons. The van der Waals surface area contributed by atoms with E-state index in [0.717, 1.165) is 83.5 Å². The van der Waals surface area contributed by atoms with E-state index in [9.17, 15) is 19.8 Å². The van der Waals surface area contributed by atoms with Gasteiger partial charge in [-0.05, 0) is 70.6 Å². The Morgan fingerprint density at radius 1 is 0.492 bits per heavy atom. The first-order valence-corrected chi connectivity index (χ1v) is 24.7. The Hall–Kier alpha value is -2.70. The van der Waals surface area contributed by atoms with Crippen LogP contribution in [0.15, 0.2) is 72.9 Å². The van der Waals surface area contributed by atoms with E-state index < -0.39 is 18.2 Å². The summed E-state index contributed by atoms with van der Waals surface area (Å²) >= 11 is 0. The highest BCUT2D eigenvalue weighted by Gasteiger charge is 2.24. The summed E-state index contributed by atoms with van der Waals surface area (Å²) in [6.07, 6.45) is 58.1. The SMILES string of the molecule is CCC/C=C/C=C/C=C/C=C/C=C/CCCCCC(CC(=O)NC(CO)C(O)CCCCCCCCCCCCC)OC(=O)CCCCC/C=C\CCCCCCCC. The standard InChI is InChI=1S/C53H93NO5/c1-4-7-10-13-16-19-22-24-25-26-28-30-32-35-38-41-44-49(59-53(58)46-43-40-37-34-31-27-23-20-17-14-11-8-5-2)47-52(57)54-50(48-55)51(56)45-42-39-36-33-29-21-18-15-12-9-6-3/h10,13,16,19,22,24-28,30-31,49-51,55-56H,4-9,11-12,14-15,17-18,20-21,23,29,32-48H2,1-3H3,(H,54,57)/b13-10+,19-16+,24-22+,26-25+,30-28+,31-27-. The van der Waals surface area contributed by atoms with E-state index in [-0.39, 0.29) is 24.9 Å². The number of unbranched alkanes of at least 4 members (excludes halogenated alkanes) is 23. The molecule has 0 saturated heterocycles. The van der Waals surface area contributed by atoms with Crippen molar-refractivity contribution in [2.45, 2.75) is 244 Å². The second-order valence-corrected chi connectivity index (χ2v) is 16.6. The monoisotopic (exact) mass is 824 g/mol. The number of allylic oxidation sites excluding steroid dienone is 12. The van der Waals surface area contributed by atoms with E-state index in [2.05, 4.69) is 62.5 Å². The minimum Gasteiger partial charge on any atom is -0.462 e. The van der Waals surface area contributed by atoms with Gasteiger partial charge in [-0.2, -0.15) is 0 Å². The normalized spacial score (nSPS) is 13.9. The number of hydrogen-bond acceptors (Lipinski definition) is 5. The molecule has 6 heteroatoms. The maximum atomic E-state index is 13.2. The predicted molar refractivity (Wildman–Crippen MR) is 255 cm³/mol. The van der Waals surface area contributed by atoms with E-state index in [0.29, 0.717) is 19.3 Å². The lowest BCUT2D eigenvalue weighted by molar-refractivity contribution is -0.151. The first kappa shape index (κ1) is 56.3. The third-order valence-electron chi connectivity index (χ3n) is 10.9. The van der Waals surface area contributed by atoms with Gasteiger partial charge >= 0.3 is 5.97 Å². The number of carbonyl (C=O) groups excluding carboxylic acids is 2. The Kier molecular flexibility index (Phi) is 44.2. The molecule has 0 aliphatic heterocycles. The average Bonchev–Trinajstić information content (AvgIpc) is 3.23. The van der Waals surface area contributed by atoms with Crippen LogP contribution in [-0.4, -0.2) is 46.9 Å². The van der Waals surface area contributed by atoms with Crippen LogP contribution in [0.1, 0.15) is 226 Å². The molecule has 0 aliphatic rings. The Labute approximate surface area is 364 Å². The summed E-state index contributed by atoms with van der Waals surface area (Å²) in [4.78, 5) is 26.1. The van der Waals surface area contributed by atoms with Crippen molar-refractivity contribution in [2.24, 2.45) is 0 Å². The van der Waals surface area contributed by atoms with Crippen molar-refractivity contribution in [3.8, 4) is 0 Å². The van der Waals surface area contributed by atoms with Gasteiger partial charge in [0, 0.05) is 6.42 Å². The van der Waals surface area contributed by atoms with Gasteiger partial charge in [0.25, 0.3) is 0 Å². The number of aliphatic hydroxyl groups is 2. The number of amides is 1. The molecule has 59 heavy (non-hydrogen) atoms. The van der Waals surface area contributed by atoms with E-state index in [1.54, 1.807) is 0 Å². The number of esters is 1. The summed E-state index contributed by atoms with van der Waals surface area (Å²) in [5.41, 5.74) is 0. The zero-order chi connectivity index (χ0) is 43.1. The molecule has 0 aliphatic carbocycles. The summed E-state index contributed by atoms with van der Waals surface area (Å²) in [6.45, 7) is 6.35. The highest BCUT2D eigenvalue weighted by molar-refractivity contribution is 5.77. The Morgan fingerprint density at radius 3 is 1.44 bits per heavy atom. The second-order valence-electron chi connectivity index (χ2n) is 16.6. The van der Waals surface area contributed by atoms with Crippen molar-refractivity contribution in [3.05, 3.63) is 72.9 Å². The van der Waals surface area contributed by atoms with Crippen molar-refractivity contribution in [1.29, 1.82) is 0 Å². The highest BCUT2D eigenvalue weighted by atomic mass is 16.5. The number of aliphatic hydroxyl groups excluding tert-OH is 2. The van der Waals surface area contributed by atoms with E-state index >= 15 is 0 Å². The van der Waals surface area contributed by atoms with Crippen LogP contribution in [0.4, 0.5) is 0 Å². The Bertz CT molecular complexity index is 1110. The van der Waals surface area contributed by atoms with Gasteiger partial charge in [0.15, 0.2) is 0 Å². The number of hydrogen-bond donors (Lipinski definition) is 3. The summed E-state index contributed by atoms with van der Waals surface area (Å²) < 4.78 is 5.90. The zero-order valence-electron chi connectivity index (χ0n) is 38.6.